The number of nitrogens with one attached hydrogen (secondary N) is 2. The number of nitrogens with zero attached hydrogens (tertiary/aromatic N) is 2. The van der Waals surface area contributed by atoms with Gasteiger partial charge in [0.05, 0.1) is 0 Å². The Balaban J connectivity index is 1.97. The molecule has 0 aromatic carbocycles. The molecule has 0 bridgehead atoms. The molecule has 2 heterocycles. The number of rotatable bonds is 6. The van der Waals surface area contributed by atoms with Gasteiger partial charge < -0.3 is 15.4 Å². The Hall–Kier alpha value is -3.17. The molecule has 0 saturated carbocycles. The lowest BCUT2D eigenvalue weighted by Gasteiger charge is -2.12. The van der Waals surface area contributed by atoms with Gasteiger partial charge in [-0.05, 0) is 30.7 Å². The Labute approximate surface area is 153 Å². The fraction of sp³-hybridized carbons (Fsp3) is 0.294. The molecule has 2 rings (SSSR count). The minimum Gasteiger partial charge on any atom is -0.468 e. The summed E-state index contributed by atoms with van der Waals surface area (Å²) in [6.45, 7) is 1.58. The lowest BCUT2D eigenvalue weighted by Crippen LogP contribution is -2.23. The van der Waals surface area contributed by atoms with Crippen LogP contribution in [-0.4, -0.2) is 34.6 Å². The van der Waals surface area contributed by atoms with Gasteiger partial charge >= 0.3 is 6.18 Å². The van der Waals surface area contributed by atoms with Crippen LogP contribution in [-0.2, 0) is 11.3 Å². The SMILES string of the molecule is CC(=O)Nc1cc(C(=O)NCc2cnc(OCC(F)(F)F)c(C)c2)ccn1. The molecule has 2 amide bonds. The quantitative estimate of drug-likeness (QED) is 0.801. The Morgan fingerprint density at radius 3 is 2.59 bits per heavy atom. The number of aromatic nitrogens is 2. The van der Waals surface area contributed by atoms with Crippen LogP contribution in [0.1, 0.15) is 28.4 Å². The van der Waals surface area contributed by atoms with Crippen LogP contribution in [0.15, 0.2) is 30.6 Å². The maximum absolute atomic E-state index is 12.2. The topological polar surface area (TPSA) is 93.2 Å². The van der Waals surface area contributed by atoms with E-state index in [1.165, 1.54) is 31.5 Å². The van der Waals surface area contributed by atoms with E-state index in [1.54, 1.807) is 13.0 Å². The summed E-state index contributed by atoms with van der Waals surface area (Å²) in [5.74, 6) is -0.580. The zero-order chi connectivity index (χ0) is 20.0. The van der Waals surface area contributed by atoms with Crippen LogP contribution in [0.25, 0.3) is 0 Å². The van der Waals surface area contributed by atoms with E-state index in [0.717, 1.165) is 0 Å². The molecular weight excluding hydrogens is 365 g/mol. The summed E-state index contributed by atoms with van der Waals surface area (Å²) in [6, 6.07) is 4.49. The number of ether oxygens (including phenoxy) is 1. The van der Waals surface area contributed by atoms with Crippen LogP contribution in [0.2, 0.25) is 0 Å². The first-order valence-electron chi connectivity index (χ1n) is 7.81. The molecule has 0 aliphatic rings. The number of aryl methyl sites for hydroxylation is 1. The maximum atomic E-state index is 12.2. The van der Waals surface area contributed by atoms with Crippen LogP contribution < -0.4 is 15.4 Å². The van der Waals surface area contributed by atoms with E-state index in [2.05, 4.69) is 25.3 Å². The molecule has 27 heavy (non-hydrogen) atoms. The van der Waals surface area contributed by atoms with Crippen LogP contribution in [0.4, 0.5) is 19.0 Å². The van der Waals surface area contributed by atoms with E-state index in [9.17, 15) is 22.8 Å². The van der Waals surface area contributed by atoms with Gasteiger partial charge in [-0.1, -0.05) is 0 Å². The fourth-order valence-electron chi connectivity index (χ4n) is 2.12. The van der Waals surface area contributed by atoms with Crippen molar-refractivity contribution >= 4 is 17.6 Å². The smallest absolute Gasteiger partial charge is 0.422 e. The predicted octanol–water partition coefficient (Wildman–Crippen LogP) is 2.61. The standard InChI is InChI=1S/C17H17F3N4O3/c1-10-5-12(8-23-16(10)27-9-17(18,19)20)7-22-15(26)13-3-4-21-14(6-13)24-11(2)25/h3-6,8H,7,9H2,1-2H3,(H,22,26)(H,21,24,25). The lowest BCUT2D eigenvalue weighted by atomic mass is 10.2. The number of anilines is 1. The number of alkyl halides is 3. The number of hydrogen-bond acceptors (Lipinski definition) is 5. The molecule has 0 aliphatic carbocycles. The normalized spacial score (nSPS) is 11.0. The third kappa shape index (κ3) is 6.57. The predicted molar refractivity (Wildman–Crippen MR) is 90.2 cm³/mol. The molecule has 2 aromatic rings. The first kappa shape index (κ1) is 20.1. The highest BCUT2D eigenvalue weighted by Crippen LogP contribution is 2.20. The highest BCUT2D eigenvalue weighted by Gasteiger charge is 2.29. The van der Waals surface area contributed by atoms with Gasteiger partial charge in [-0.2, -0.15) is 13.2 Å². The van der Waals surface area contributed by atoms with Gasteiger partial charge in [0.1, 0.15) is 5.82 Å². The first-order valence-corrected chi connectivity index (χ1v) is 7.81. The molecule has 7 nitrogen and oxygen atoms in total. The Morgan fingerprint density at radius 1 is 1.22 bits per heavy atom. The number of carbonyl (C=O) groups is 2. The van der Waals surface area contributed by atoms with Crippen molar-refractivity contribution in [2.45, 2.75) is 26.6 Å². The van der Waals surface area contributed by atoms with E-state index in [4.69, 9.17) is 0 Å². The zero-order valence-electron chi connectivity index (χ0n) is 14.6. The van der Waals surface area contributed by atoms with E-state index in [-0.39, 0.29) is 24.1 Å². The molecule has 0 spiro atoms. The number of halogens is 3. The lowest BCUT2D eigenvalue weighted by molar-refractivity contribution is -0.154. The number of pyridine rings is 2. The molecule has 0 fully saturated rings. The van der Waals surface area contributed by atoms with E-state index in [1.807, 2.05) is 0 Å². The Morgan fingerprint density at radius 2 is 1.96 bits per heavy atom. The summed E-state index contributed by atoms with van der Waals surface area (Å²) in [7, 11) is 0. The van der Waals surface area contributed by atoms with Crippen molar-refractivity contribution < 1.29 is 27.5 Å². The highest BCUT2D eigenvalue weighted by molar-refractivity contribution is 5.96. The van der Waals surface area contributed by atoms with E-state index < -0.39 is 18.7 Å². The second kappa shape index (κ2) is 8.47. The Bertz CT molecular complexity index is 840. The second-order valence-corrected chi connectivity index (χ2v) is 5.66. The van der Waals surface area contributed by atoms with Crippen molar-refractivity contribution in [2.75, 3.05) is 11.9 Å². The largest absolute Gasteiger partial charge is 0.468 e. The van der Waals surface area contributed by atoms with Gasteiger partial charge in [-0.15, -0.1) is 0 Å². The fourth-order valence-corrected chi connectivity index (χ4v) is 2.12. The van der Waals surface area contributed by atoms with Crippen molar-refractivity contribution in [1.82, 2.24) is 15.3 Å². The summed E-state index contributed by atoms with van der Waals surface area (Å²) in [5.41, 5.74) is 1.31. The van der Waals surface area contributed by atoms with Crippen molar-refractivity contribution in [2.24, 2.45) is 0 Å². The molecule has 0 saturated heterocycles. The average Bonchev–Trinajstić information content (AvgIpc) is 2.57. The van der Waals surface area contributed by atoms with Crippen LogP contribution in [0.5, 0.6) is 5.88 Å². The summed E-state index contributed by atoms with van der Waals surface area (Å²) < 4.78 is 41.2. The number of hydrogen-bond donors (Lipinski definition) is 2. The first-order chi connectivity index (χ1) is 12.6. The van der Waals surface area contributed by atoms with Crippen LogP contribution >= 0.6 is 0 Å². The van der Waals surface area contributed by atoms with Crippen molar-refractivity contribution in [3.8, 4) is 5.88 Å². The molecule has 2 aromatic heterocycles. The molecule has 0 radical (unpaired) electrons. The molecule has 0 aliphatic heterocycles. The molecule has 2 N–H and O–H groups in total. The average molecular weight is 382 g/mol. The molecular formula is C17H17F3N4O3. The summed E-state index contributed by atoms with van der Waals surface area (Å²) >= 11 is 0. The van der Waals surface area contributed by atoms with Crippen molar-refractivity contribution in [3.05, 3.63) is 47.3 Å². The monoisotopic (exact) mass is 382 g/mol. The van der Waals surface area contributed by atoms with Crippen LogP contribution in [0, 0.1) is 6.92 Å². The second-order valence-electron chi connectivity index (χ2n) is 5.66. The minimum absolute atomic E-state index is 0.114. The number of carbonyl (C=O) groups excluding carboxylic acids is 2. The van der Waals surface area contributed by atoms with Crippen molar-refractivity contribution in [3.63, 3.8) is 0 Å². The summed E-state index contributed by atoms with van der Waals surface area (Å²) in [4.78, 5) is 31.0. The van der Waals surface area contributed by atoms with Gasteiger partial charge in [0.2, 0.25) is 11.8 Å². The van der Waals surface area contributed by atoms with E-state index in [0.29, 0.717) is 16.7 Å². The third-order valence-electron chi connectivity index (χ3n) is 3.24. The summed E-state index contributed by atoms with van der Waals surface area (Å²) in [5, 5.41) is 5.13. The summed E-state index contributed by atoms with van der Waals surface area (Å²) in [6.07, 6.45) is -1.73. The highest BCUT2D eigenvalue weighted by atomic mass is 19.4. The van der Waals surface area contributed by atoms with Crippen molar-refractivity contribution in [1.29, 1.82) is 0 Å². The maximum Gasteiger partial charge on any atom is 0.422 e. The molecule has 10 heteroatoms. The van der Waals surface area contributed by atoms with Crippen LogP contribution in [0.3, 0.4) is 0 Å². The molecule has 0 unspecified atom stereocenters. The van der Waals surface area contributed by atoms with Gasteiger partial charge in [0.15, 0.2) is 6.61 Å². The third-order valence-corrected chi connectivity index (χ3v) is 3.24. The van der Waals surface area contributed by atoms with Gasteiger partial charge in [0.25, 0.3) is 5.91 Å². The zero-order valence-corrected chi connectivity index (χ0v) is 14.6. The van der Waals surface area contributed by atoms with Gasteiger partial charge in [0, 0.05) is 37.0 Å². The van der Waals surface area contributed by atoms with Gasteiger partial charge in [-0.25, -0.2) is 9.97 Å². The minimum atomic E-state index is -4.44. The molecule has 144 valence electrons. The van der Waals surface area contributed by atoms with E-state index >= 15 is 0 Å². The van der Waals surface area contributed by atoms with Gasteiger partial charge in [-0.3, -0.25) is 9.59 Å². The Kier molecular flexibility index (Phi) is 6.32. The molecule has 0 atom stereocenters. The number of amides is 2.